The molecular formula is C24H36N4O4. The molecule has 0 aliphatic carbocycles. The van der Waals surface area contributed by atoms with Crippen molar-refractivity contribution >= 4 is 34.3 Å². The van der Waals surface area contributed by atoms with Gasteiger partial charge >= 0.3 is 5.97 Å². The Balaban J connectivity index is 2.13. The molecule has 176 valence electrons. The van der Waals surface area contributed by atoms with Crippen LogP contribution in [0, 0.1) is 11.3 Å². The molecule has 0 saturated carbocycles. The molecule has 8 nitrogen and oxygen atoms in total. The van der Waals surface area contributed by atoms with Crippen LogP contribution in [0.25, 0.3) is 11.0 Å². The highest BCUT2D eigenvalue weighted by molar-refractivity contribution is 6.11. The van der Waals surface area contributed by atoms with E-state index in [9.17, 15) is 9.59 Å². The number of nitrogens with one attached hydrogen (secondary N) is 2. The summed E-state index contributed by atoms with van der Waals surface area (Å²) in [5, 5.41) is 7.11. The highest BCUT2D eigenvalue weighted by atomic mass is 16.5. The number of pyridine rings is 1. The lowest BCUT2D eigenvalue weighted by atomic mass is 9.97. The molecule has 32 heavy (non-hydrogen) atoms. The second-order valence-electron chi connectivity index (χ2n) is 9.77. The van der Waals surface area contributed by atoms with Gasteiger partial charge in [-0.05, 0) is 30.7 Å². The first-order valence-corrected chi connectivity index (χ1v) is 11.4. The van der Waals surface area contributed by atoms with Gasteiger partial charge in [-0.15, -0.1) is 0 Å². The van der Waals surface area contributed by atoms with Crippen molar-refractivity contribution in [1.82, 2.24) is 9.55 Å². The minimum atomic E-state index is -0.510. The Morgan fingerprint density at radius 1 is 1.38 bits per heavy atom. The molecule has 1 fully saturated rings. The number of carbonyl (C=O) groups is 2. The molecule has 8 heteroatoms. The topological polar surface area (TPSA) is 94.5 Å². The van der Waals surface area contributed by atoms with Crippen LogP contribution in [-0.2, 0) is 20.8 Å². The number of fused-ring (bicyclic) bond motifs is 1. The van der Waals surface area contributed by atoms with Crippen molar-refractivity contribution in [2.45, 2.75) is 66.5 Å². The largest absolute Gasteiger partial charge is 0.464 e. The standard InChI is InChI=1S/C24H36N4O4/c1-7-15(2)22(29)27-19-18-11-16(26-14-24(3,4)5)12-25-21(18)28(20(19)23(30)31-6)13-17-9-8-10-32-17/h11-12,15,17,26H,7-10,13-14H2,1-6H3,(H,27,29). The van der Waals surface area contributed by atoms with E-state index in [1.165, 1.54) is 7.11 Å². The molecule has 1 aliphatic heterocycles. The molecule has 0 spiro atoms. The maximum atomic E-state index is 12.9. The number of methoxy groups -OCH3 is 1. The predicted octanol–water partition coefficient (Wildman–Crippen LogP) is 4.44. The zero-order valence-corrected chi connectivity index (χ0v) is 20.1. The summed E-state index contributed by atoms with van der Waals surface area (Å²) in [6.07, 6.45) is 4.36. The van der Waals surface area contributed by atoms with Crippen LogP contribution in [0.5, 0.6) is 0 Å². The molecule has 3 heterocycles. The highest BCUT2D eigenvalue weighted by Crippen LogP contribution is 2.34. The molecule has 2 atom stereocenters. The van der Waals surface area contributed by atoms with E-state index in [1.807, 2.05) is 24.5 Å². The van der Waals surface area contributed by atoms with Crippen LogP contribution in [0.1, 0.15) is 64.4 Å². The number of hydrogen-bond acceptors (Lipinski definition) is 6. The number of carbonyl (C=O) groups excluding carboxylic acids is 2. The third kappa shape index (κ3) is 5.41. The predicted molar refractivity (Wildman–Crippen MR) is 126 cm³/mol. The van der Waals surface area contributed by atoms with Crippen LogP contribution in [-0.4, -0.2) is 47.8 Å². The summed E-state index contributed by atoms with van der Waals surface area (Å²) in [6, 6.07) is 1.94. The van der Waals surface area contributed by atoms with Crippen molar-refractivity contribution < 1.29 is 19.1 Å². The van der Waals surface area contributed by atoms with E-state index in [-0.39, 0.29) is 23.3 Å². The first-order chi connectivity index (χ1) is 15.1. The smallest absolute Gasteiger partial charge is 0.356 e. The Morgan fingerprint density at radius 2 is 2.12 bits per heavy atom. The zero-order valence-electron chi connectivity index (χ0n) is 20.1. The number of esters is 1. The van der Waals surface area contributed by atoms with Gasteiger partial charge in [0.05, 0.1) is 37.3 Å². The lowest BCUT2D eigenvalue weighted by Gasteiger charge is -2.19. The third-order valence-corrected chi connectivity index (χ3v) is 5.82. The second kappa shape index (κ2) is 9.90. The van der Waals surface area contributed by atoms with Gasteiger partial charge in [0.1, 0.15) is 5.65 Å². The zero-order chi connectivity index (χ0) is 23.5. The molecule has 2 aromatic heterocycles. The molecule has 3 rings (SSSR count). The van der Waals surface area contributed by atoms with Crippen molar-refractivity contribution in [3.8, 4) is 0 Å². The van der Waals surface area contributed by atoms with E-state index in [1.54, 1.807) is 6.20 Å². The number of amides is 1. The summed E-state index contributed by atoms with van der Waals surface area (Å²) in [7, 11) is 1.35. The van der Waals surface area contributed by atoms with E-state index < -0.39 is 5.97 Å². The molecule has 0 aromatic carbocycles. The molecule has 2 N–H and O–H groups in total. The van der Waals surface area contributed by atoms with Crippen molar-refractivity contribution in [3.63, 3.8) is 0 Å². The van der Waals surface area contributed by atoms with Crippen molar-refractivity contribution in [1.29, 1.82) is 0 Å². The van der Waals surface area contributed by atoms with Gasteiger partial charge in [0, 0.05) is 24.5 Å². The molecule has 2 unspecified atom stereocenters. The van der Waals surface area contributed by atoms with Crippen LogP contribution >= 0.6 is 0 Å². The van der Waals surface area contributed by atoms with E-state index in [0.717, 1.165) is 25.1 Å². The van der Waals surface area contributed by atoms with Crippen LogP contribution in [0.2, 0.25) is 0 Å². The van der Waals surface area contributed by atoms with Crippen molar-refractivity contribution in [2.75, 3.05) is 30.9 Å². The molecule has 1 amide bonds. The Morgan fingerprint density at radius 3 is 2.72 bits per heavy atom. The quantitative estimate of drug-likeness (QED) is 0.585. The molecule has 1 aliphatic rings. The minimum Gasteiger partial charge on any atom is -0.464 e. The lowest BCUT2D eigenvalue weighted by Crippen LogP contribution is -2.23. The number of nitrogens with zero attached hydrogens (tertiary/aromatic N) is 2. The maximum Gasteiger partial charge on any atom is 0.356 e. The van der Waals surface area contributed by atoms with Gasteiger partial charge in [-0.2, -0.15) is 0 Å². The summed E-state index contributed by atoms with van der Waals surface area (Å²) >= 11 is 0. The van der Waals surface area contributed by atoms with E-state index in [2.05, 4.69) is 36.4 Å². The summed E-state index contributed by atoms with van der Waals surface area (Å²) < 4.78 is 12.8. The number of rotatable bonds is 8. The lowest BCUT2D eigenvalue weighted by molar-refractivity contribution is -0.119. The monoisotopic (exact) mass is 444 g/mol. The average Bonchev–Trinajstić information content (AvgIpc) is 3.37. The first-order valence-electron chi connectivity index (χ1n) is 11.4. The Kier molecular flexibility index (Phi) is 7.44. The van der Waals surface area contributed by atoms with Gasteiger partial charge < -0.3 is 24.7 Å². The highest BCUT2D eigenvalue weighted by Gasteiger charge is 2.29. The van der Waals surface area contributed by atoms with Gasteiger partial charge in [0.15, 0.2) is 5.69 Å². The van der Waals surface area contributed by atoms with Gasteiger partial charge in [0.2, 0.25) is 5.91 Å². The van der Waals surface area contributed by atoms with Crippen LogP contribution in [0.3, 0.4) is 0 Å². The summed E-state index contributed by atoms with van der Waals surface area (Å²) in [6.45, 7) is 12.2. The summed E-state index contributed by atoms with van der Waals surface area (Å²) in [4.78, 5) is 30.4. The number of hydrogen-bond donors (Lipinski definition) is 2. The second-order valence-corrected chi connectivity index (χ2v) is 9.77. The summed E-state index contributed by atoms with van der Waals surface area (Å²) in [5.41, 5.74) is 2.29. The summed E-state index contributed by atoms with van der Waals surface area (Å²) in [5.74, 6) is -0.834. The molecule has 1 saturated heterocycles. The number of ether oxygens (including phenoxy) is 2. The van der Waals surface area contributed by atoms with Crippen molar-refractivity contribution in [2.24, 2.45) is 11.3 Å². The number of anilines is 2. The van der Waals surface area contributed by atoms with E-state index >= 15 is 0 Å². The molecule has 0 radical (unpaired) electrons. The Bertz CT molecular complexity index is 971. The van der Waals surface area contributed by atoms with Gasteiger partial charge in [0.25, 0.3) is 0 Å². The molecule has 0 bridgehead atoms. The normalized spacial score (nSPS) is 17.4. The SMILES string of the molecule is CCC(C)C(=O)Nc1c(C(=O)OC)n(CC2CCCO2)c2ncc(NCC(C)(C)C)cc12. The average molecular weight is 445 g/mol. The number of aromatic nitrogens is 2. The minimum absolute atomic E-state index is 0.00684. The first kappa shape index (κ1) is 24.0. The van der Waals surface area contributed by atoms with Gasteiger partial charge in [-0.1, -0.05) is 34.6 Å². The van der Waals surface area contributed by atoms with Crippen LogP contribution in [0.15, 0.2) is 12.3 Å². The van der Waals surface area contributed by atoms with E-state index in [4.69, 9.17) is 9.47 Å². The molecular weight excluding hydrogens is 408 g/mol. The fourth-order valence-electron chi connectivity index (χ4n) is 3.73. The van der Waals surface area contributed by atoms with Gasteiger partial charge in [-0.25, -0.2) is 9.78 Å². The Hall–Kier alpha value is -2.61. The van der Waals surface area contributed by atoms with Crippen LogP contribution < -0.4 is 10.6 Å². The van der Waals surface area contributed by atoms with Crippen LogP contribution in [0.4, 0.5) is 11.4 Å². The fourth-order valence-corrected chi connectivity index (χ4v) is 3.73. The fraction of sp³-hybridized carbons (Fsp3) is 0.625. The Labute approximate surface area is 190 Å². The van der Waals surface area contributed by atoms with E-state index in [0.29, 0.717) is 42.0 Å². The molecule has 2 aromatic rings. The third-order valence-electron chi connectivity index (χ3n) is 5.82. The van der Waals surface area contributed by atoms with Gasteiger partial charge in [-0.3, -0.25) is 4.79 Å². The van der Waals surface area contributed by atoms with Crippen molar-refractivity contribution in [3.05, 3.63) is 18.0 Å². The maximum absolute atomic E-state index is 12.9.